The Bertz CT molecular complexity index is 1230. The fraction of sp³-hybridized carbons (Fsp3) is 0.467. The second-order valence-corrected chi connectivity index (χ2v) is 10.3. The molecule has 1 saturated carbocycles. The van der Waals surface area contributed by atoms with E-state index in [2.05, 4.69) is 30.1 Å². The van der Waals surface area contributed by atoms with Crippen molar-refractivity contribution in [1.82, 2.24) is 4.90 Å². The number of ether oxygens (including phenoxy) is 3. The second-order valence-electron chi connectivity index (χ2n) is 10.3. The maximum atomic E-state index is 13.6. The van der Waals surface area contributed by atoms with Gasteiger partial charge in [0.15, 0.2) is 0 Å². The summed E-state index contributed by atoms with van der Waals surface area (Å²) in [6.07, 6.45) is -5.78. The highest BCUT2D eigenvalue weighted by molar-refractivity contribution is 5.85. The van der Waals surface area contributed by atoms with Gasteiger partial charge in [-0.3, -0.25) is 5.32 Å². The Kier molecular flexibility index (Phi) is 9.38. The van der Waals surface area contributed by atoms with E-state index in [0.717, 1.165) is 36.1 Å². The van der Waals surface area contributed by atoms with Crippen LogP contribution in [0, 0.1) is 17.2 Å². The van der Waals surface area contributed by atoms with E-state index in [1.165, 1.54) is 24.3 Å². The molecule has 1 fully saturated rings. The molecular weight excluding hydrogens is 523 g/mol. The smallest absolute Gasteiger partial charge is 0.429 e. The molecule has 1 N–H and O–H groups in total. The fourth-order valence-corrected chi connectivity index (χ4v) is 5.68. The quantitative estimate of drug-likeness (QED) is 0.346. The molecule has 40 heavy (non-hydrogen) atoms. The second kappa shape index (κ2) is 12.7. The van der Waals surface area contributed by atoms with Crippen molar-refractivity contribution >= 4 is 17.5 Å². The monoisotopic (exact) mass is 557 g/mol. The Morgan fingerprint density at radius 1 is 1.10 bits per heavy atom. The minimum Gasteiger partial charge on any atom is -0.431 e. The van der Waals surface area contributed by atoms with Crippen LogP contribution in [0.25, 0.3) is 5.70 Å². The summed E-state index contributed by atoms with van der Waals surface area (Å²) in [7, 11) is 1.64. The number of amides is 1. The number of rotatable bonds is 9. The van der Waals surface area contributed by atoms with Gasteiger partial charge in [-0.2, -0.15) is 18.4 Å². The summed E-state index contributed by atoms with van der Waals surface area (Å²) < 4.78 is 56.6. The van der Waals surface area contributed by atoms with Crippen molar-refractivity contribution < 1.29 is 32.2 Å². The zero-order valence-electron chi connectivity index (χ0n) is 22.8. The predicted octanol–water partition coefficient (Wildman–Crippen LogP) is 6.70. The number of benzene rings is 2. The summed E-state index contributed by atoms with van der Waals surface area (Å²) in [6.45, 7) is 5.23. The summed E-state index contributed by atoms with van der Waals surface area (Å²) in [4.78, 5) is 14.7. The fourth-order valence-electron chi connectivity index (χ4n) is 5.68. The maximum Gasteiger partial charge on any atom is 0.429 e. The van der Waals surface area contributed by atoms with Gasteiger partial charge in [-0.15, -0.1) is 0 Å². The van der Waals surface area contributed by atoms with Crippen molar-refractivity contribution in [3.63, 3.8) is 0 Å². The van der Waals surface area contributed by atoms with E-state index in [0.29, 0.717) is 13.2 Å². The zero-order valence-corrected chi connectivity index (χ0v) is 22.8. The molecule has 214 valence electrons. The molecular formula is C30H34F3N3O4. The van der Waals surface area contributed by atoms with Gasteiger partial charge < -0.3 is 19.1 Å². The van der Waals surface area contributed by atoms with Crippen molar-refractivity contribution in [2.75, 3.05) is 25.6 Å². The van der Waals surface area contributed by atoms with Gasteiger partial charge >= 0.3 is 12.3 Å². The van der Waals surface area contributed by atoms with Gasteiger partial charge in [0, 0.05) is 36.4 Å². The molecule has 1 aliphatic carbocycles. The average Bonchev–Trinajstić information content (AvgIpc) is 3.26. The van der Waals surface area contributed by atoms with E-state index in [1.807, 2.05) is 0 Å². The third kappa shape index (κ3) is 6.60. The number of halogens is 3. The summed E-state index contributed by atoms with van der Waals surface area (Å²) >= 11 is 0. The predicted molar refractivity (Wildman–Crippen MR) is 144 cm³/mol. The van der Waals surface area contributed by atoms with Gasteiger partial charge in [0.2, 0.25) is 6.10 Å². The van der Waals surface area contributed by atoms with Crippen LogP contribution in [0.15, 0.2) is 60.2 Å². The van der Waals surface area contributed by atoms with E-state index in [4.69, 9.17) is 14.2 Å². The van der Waals surface area contributed by atoms with Crippen LogP contribution in [0.1, 0.15) is 50.3 Å². The Morgan fingerprint density at radius 2 is 1.80 bits per heavy atom. The summed E-state index contributed by atoms with van der Waals surface area (Å²) in [5.74, 6) is 0.0924. The molecule has 0 saturated heterocycles. The number of anilines is 1. The van der Waals surface area contributed by atoms with Crippen LogP contribution < -0.4 is 5.32 Å². The average molecular weight is 558 g/mol. The third-order valence-electron chi connectivity index (χ3n) is 7.36. The van der Waals surface area contributed by atoms with E-state index in [9.17, 15) is 23.2 Å². The molecule has 4 rings (SSSR count). The van der Waals surface area contributed by atoms with Gasteiger partial charge in [0.1, 0.15) is 0 Å². The van der Waals surface area contributed by atoms with Crippen LogP contribution in [-0.4, -0.2) is 55.7 Å². The van der Waals surface area contributed by atoms with Crippen molar-refractivity contribution in [3.8, 4) is 6.07 Å². The van der Waals surface area contributed by atoms with E-state index < -0.39 is 18.4 Å². The Morgan fingerprint density at radius 3 is 2.40 bits per heavy atom. The first-order valence-electron chi connectivity index (χ1n) is 13.4. The molecule has 0 aromatic heterocycles. The first-order chi connectivity index (χ1) is 19.1. The van der Waals surface area contributed by atoms with Crippen molar-refractivity contribution in [2.45, 2.75) is 63.6 Å². The normalized spacial score (nSPS) is 21.6. The van der Waals surface area contributed by atoms with Crippen LogP contribution >= 0.6 is 0 Å². The van der Waals surface area contributed by atoms with Gasteiger partial charge in [-0.05, 0) is 50.8 Å². The number of methoxy groups -OCH3 is 1. The van der Waals surface area contributed by atoms with Gasteiger partial charge in [0.05, 0.1) is 36.7 Å². The molecule has 1 aliphatic heterocycles. The summed E-state index contributed by atoms with van der Waals surface area (Å²) in [6, 6.07) is 16.4. The molecule has 0 spiro atoms. The molecule has 2 aromatic carbocycles. The Balaban J connectivity index is 1.50. The number of carbonyl (C=O) groups is 1. The number of nitriles is 1. The van der Waals surface area contributed by atoms with Gasteiger partial charge in [-0.1, -0.05) is 42.5 Å². The van der Waals surface area contributed by atoms with Crippen molar-refractivity contribution in [3.05, 3.63) is 71.3 Å². The molecule has 2 aliphatic rings. The number of nitrogens with one attached hydrogen (secondary N) is 1. The number of alkyl halides is 3. The van der Waals surface area contributed by atoms with E-state index >= 15 is 0 Å². The number of hydrogen-bond acceptors (Lipinski definition) is 6. The SMILES string of the molecule is COCCOC1CCC2C(C#N)=C(c3ccc(NC(=O)OC(c4ccccc4)C(F)(F)F)cc3)N(C(C)C)C2C1. The van der Waals surface area contributed by atoms with Crippen LogP contribution in [-0.2, 0) is 14.2 Å². The maximum absolute atomic E-state index is 13.6. The van der Waals surface area contributed by atoms with Crippen molar-refractivity contribution in [2.24, 2.45) is 5.92 Å². The Labute approximate surface area is 232 Å². The van der Waals surface area contributed by atoms with Crippen LogP contribution in [0.3, 0.4) is 0 Å². The molecule has 2 aromatic rings. The van der Waals surface area contributed by atoms with Crippen LogP contribution in [0.2, 0.25) is 0 Å². The number of fused-ring (bicyclic) bond motifs is 1. The molecule has 4 unspecified atom stereocenters. The highest BCUT2D eigenvalue weighted by Crippen LogP contribution is 2.47. The molecule has 7 nitrogen and oxygen atoms in total. The number of nitrogens with zero attached hydrogens (tertiary/aromatic N) is 2. The molecule has 0 radical (unpaired) electrons. The lowest BCUT2D eigenvalue weighted by molar-refractivity contribution is -0.205. The minimum atomic E-state index is -4.77. The minimum absolute atomic E-state index is 0.0888. The standard InChI is InChI=1S/C30H34F3N3O4/c1-19(2)36-26-17-23(39-16-15-38-3)13-14-24(26)25(18-34)27(36)20-9-11-22(12-10-20)35-29(37)40-28(30(31,32)33)21-7-5-4-6-8-21/h4-12,19,23-24,26,28H,13-17H2,1-3H3,(H,35,37). The summed E-state index contributed by atoms with van der Waals surface area (Å²) in [5.41, 5.74) is 2.48. The van der Waals surface area contributed by atoms with Crippen molar-refractivity contribution in [1.29, 1.82) is 5.26 Å². The third-order valence-corrected chi connectivity index (χ3v) is 7.36. The van der Waals surface area contributed by atoms with Gasteiger partial charge in [-0.25, -0.2) is 4.79 Å². The Hall–Kier alpha value is -3.55. The van der Waals surface area contributed by atoms with Crippen LogP contribution in [0.5, 0.6) is 0 Å². The zero-order chi connectivity index (χ0) is 28.9. The first kappa shape index (κ1) is 29.4. The topological polar surface area (TPSA) is 83.8 Å². The molecule has 0 bridgehead atoms. The lowest BCUT2D eigenvalue weighted by atomic mass is 9.80. The molecule has 1 heterocycles. The lowest BCUT2D eigenvalue weighted by Crippen LogP contribution is -2.44. The van der Waals surface area contributed by atoms with E-state index in [-0.39, 0.29) is 35.4 Å². The van der Waals surface area contributed by atoms with Gasteiger partial charge in [0.25, 0.3) is 0 Å². The molecule has 4 atom stereocenters. The summed E-state index contributed by atoms with van der Waals surface area (Å²) in [5, 5.41) is 12.5. The number of hydrogen-bond donors (Lipinski definition) is 1. The largest absolute Gasteiger partial charge is 0.431 e. The molecule has 10 heteroatoms. The highest BCUT2D eigenvalue weighted by atomic mass is 19.4. The first-order valence-corrected chi connectivity index (χ1v) is 13.4. The van der Waals surface area contributed by atoms with E-state index in [1.54, 1.807) is 37.4 Å². The molecule has 1 amide bonds. The highest BCUT2D eigenvalue weighted by Gasteiger charge is 2.46. The number of carbonyl (C=O) groups excluding carboxylic acids is 1. The lowest BCUT2D eigenvalue weighted by Gasteiger charge is -2.40. The van der Waals surface area contributed by atoms with Crippen LogP contribution in [0.4, 0.5) is 23.7 Å².